The summed E-state index contributed by atoms with van der Waals surface area (Å²) < 4.78 is 7.01. The number of fused-ring (bicyclic) bond motifs is 2. The van der Waals surface area contributed by atoms with E-state index >= 15 is 0 Å². The van der Waals surface area contributed by atoms with Gasteiger partial charge in [0.1, 0.15) is 17.5 Å². The summed E-state index contributed by atoms with van der Waals surface area (Å²) in [6, 6.07) is 12.1. The van der Waals surface area contributed by atoms with E-state index in [2.05, 4.69) is 34.3 Å². The molecular formula is C24H25N5O3. The Morgan fingerprint density at radius 2 is 1.84 bits per heavy atom. The van der Waals surface area contributed by atoms with Crippen LogP contribution in [0.5, 0.6) is 0 Å². The lowest BCUT2D eigenvalue weighted by molar-refractivity contribution is -0.00596. The summed E-state index contributed by atoms with van der Waals surface area (Å²) in [5.74, 6) is -0.222. The zero-order valence-electron chi connectivity index (χ0n) is 18.0. The zero-order valence-corrected chi connectivity index (χ0v) is 18.0. The van der Waals surface area contributed by atoms with E-state index in [0.29, 0.717) is 36.6 Å². The molecule has 0 bridgehead atoms. The van der Waals surface area contributed by atoms with Crippen molar-refractivity contribution in [3.05, 3.63) is 71.4 Å². The summed E-state index contributed by atoms with van der Waals surface area (Å²) in [5, 5.41) is 3.89. The molecule has 5 heterocycles. The standard InChI is InChI=1S/C24H25N5O3/c1-17-20(15-32-25-17)22(30)28-13-14-29-23(31)21-5-4-12-27(21)16-24(28,29)18-6-8-19(9-7-18)26-10-2-3-11-26/h4-9,12,15H,2-3,10-11,13-14,16H2,1H3. The van der Waals surface area contributed by atoms with Crippen LogP contribution in [0.3, 0.4) is 0 Å². The predicted molar refractivity (Wildman–Crippen MR) is 117 cm³/mol. The van der Waals surface area contributed by atoms with Crippen LogP contribution in [0.25, 0.3) is 0 Å². The van der Waals surface area contributed by atoms with E-state index < -0.39 is 5.66 Å². The first-order valence-corrected chi connectivity index (χ1v) is 11.2. The molecule has 2 aromatic heterocycles. The first kappa shape index (κ1) is 19.2. The van der Waals surface area contributed by atoms with E-state index in [9.17, 15) is 9.59 Å². The number of carbonyl (C=O) groups excluding carboxylic acids is 2. The second kappa shape index (κ2) is 6.98. The largest absolute Gasteiger partial charge is 0.372 e. The second-order valence-electron chi connectivity index (χ2n) is 8.81. The van der Waals surface area contributed by atoms with Gasteiger partial charge in [0.15, 0.2) is 5.66 Å². The predicted octanol–water partition coefficient (Wildman–Crippen LogP) is 2.85. The number of nitrogens with zero attached hydrogens (tertiary/aromatic N) is 5. The minimum atomic E-state index is -0.895. The van der Waals surface area contributed by atoms with Gasteiger partial charge in [-0.25, -0.2) is 0 Å². The van der Waals surface area contributed by atoms with Crippen LogP contribution < -0.4 is 4.90 Å². The Bertz CT molecular complexity index is 1190. The molecular weight excluding hydrogens is 406 g/mol. The Balaban J connectivity index is 1.47. The molecule has 2 fully saturated rings. The van der Waals surface area contributed by atoms with E-state index in [-0.39, 0.29) is 11.8 Å². The molecule has 8 nitrogen and oxygen atoms in total. The zero-order chi connectivity index (χ0) is 21.9. The van der Waals surface area contributed by atoms with Gasteiger partial charge < -0.3 is 23.8 Å². The molecule has 0 saturated carbocycles. The van der Waals surface area contributed by atoms with Crippen molar-refractivity contribution in [1.29, 1.82) is 0 Å². The maximum atomic E-state index is 13.7. The highest BCUT2D eigenvalue weighted by atomic mass is 16.5. The Labute approximate surface area is 186 Å². The number of benzene rings is 1. The van der Waals surface area contributed by atoms with E-state index in [4.69, 9.17) is 4.52 Å². The van der Waals surface area contributed by atoms with Crippen molar-refractivity contribution in [2.45, 2.75) is 32.0 Å². The molecule has 8 heteroatoms. The summed E-state index contributed by atoms with van der Waals surface area (Å²) in [5.41, 5.74) is 2.87. The molecule has 0 radical (unpaired) electrons. The smallest absolute Gasteiger partial charge is 0.272 e. The lowest BCUT2D eigenvalue weighted by Gasteiger charge is -2.47. The van der Waals surface area contributed by atoms with Crippen molar-refractivity contribution in [3.63, 3.8) is 0 Å². The van der Waals surface area contributed by atoms with Crippen molar-refractivity contribution in [1.82, 2.24) is 19.5 Å². The number of aromatic nitrogens is 2. The third kappa shape index (κ3) is 2.58. The van der Waals surface area contributed by atoms with Gasteiger partial charge in [-0.05, 0) is 44.0 Å². The lowest BCUT2D eigenvalue weighted by Crippen LogP contribution is -2.60. The molecule has 6 rings (SSSR count). The minimum absolute atomic E-state index is 0.0535. The number of carbonyl (C=O) groups is 2. The first-order chi connectivity index (χ1) is 15.6. The molecule has 2 amide bonds. The molecule has 2 saturated heterocycles. The summed E-state index contributed by atoms with van der Waals surface area (Å²) in [6.07, 6.45) is 5.74. The molecule has 3 aromatic rings. The monoisotopic (exact) mass is 431 g/mol. The van der Waals surface area contributed by atoms with E-state index in [1.165, 1.54) is 24.8 Å². The summed E-state index contributed by atoms with van der Waals surface area (Å²) in [7, 11) is 0. The van der Waals surface area contributed by atoms with Gasteiger partial charge in [0.25, 0.3) is 11.8 Å². The Kier molecular flexibility index (Phi) is 4.18. The topological polar surface area (TPSA) is 74.8 Å². The maximum absolute atomic E-state index is 13.7. The van der Waals surface area contributed by atoms with Crippen molar-refractivity contribution in [2.24, 2.45) is 0 Å². The quantitative estimate of drug-likeness (QED) is 0.638. The highest BCUT2D eigenvalue weighted by Gasteiger charge is 2.56. The van der Waals surface area contributed by atoms with Crippen molar-refractivity contribution in [2.75, 3.05) is 31.1 Å². The van der Waals surface area contributed by atoms with Crippen LogP contribution in [0.2, 0.25) is 0 Å². The van der Waals surface area contributed by atoms with Gasteiger partial charge in [-0.15, -0.1) is 0 Å². The van der Waals surface area contributed by atoms with Crippen LogP contribution in [-0.2, 0) is 12.2 Å². The van der Waals surface area contributed by atoms with Crippen LogP contribution >= 0.6 is 0 Å². The fourth-order valence-electron chi connectivity index (χ4n) is 5.51. The van der Waals surface area contributed by atoms with Crippen LogP contribution in [0.4, 0.5) is 5.69 Å². The normalized spacial score (nSPS) is 22.4. The number of hydrogen-bond acceptors (Lipinski definition) is 5. The van der Waals surface area contributed by atoms with E-state index in [1.807, 2.05) is 32.7 Å². The molecule has 3 aliphatic rings. The SMILES string of the molecule is Cc1nocc1C(=O)N1CCN2C(=O)c3cccn3CC12c1ccc(N2CCCC2)cc1. The second-order valence-corrected chi connectivity index (χ2v) is 8.81. The number of hydrogen-bond donors (Lipinski definition) is 0. The van der Waals surface area contributed by atoms with E-state index in [0.717, 1.165) is 18.7 Å². The average molecular weight is 431 g/mol. The van der Waals surface area contributed by atoms with Crippen molar-refractivity contribution >= 4 is 17.5 Å². The summed E-state index contributed by atoms with van der Waals surface area (Å²) in [4.78, 5) is 33.2. The molecule has 3 aliphatic heterocycles. The lowest BCUT2D eigenvalue weighted by atomic mass is 9.93. The number of anilines is 1. The number of aryl methyl sites for hydroxylation is 1. The molecule has 0 N–H and O–H groups in total. The van der Waals surface area contributed by atoms with E-state index in [1.54, 1.807) is 6.92 Å². The Morgan fingerprint density at radius 1 is 1.06 bits per heavy atom. The van der Waals surface area contributed by atoms with Gasteiger partial charge in [-0.2, -0.15) is 0 Å². The number of rotatable bonds is 3. The van der Waals surface area contributed by atoms with Gasteiger partial charge in [-0.3, -0.25) is 9.59 Å². The fourth-order valence-corrected chi connectivity index (χ4v) is 5.51. The van der Waals surface area contributed by atoms with Crippen molar-refractivity contribution < 1.29 is 14.1 Å². The van der Waals surface area contributed by atoms with Gasteiger partial charge in [0.05, 0.1) is 12.2 Å². The number of amides is 2. The van der Waals surface area contributed by atoms with Gasteiger partial charge >= 0.3 is 0 Å². The average Bonchev–Trinajstić information content (AvgIpc) is 3.60. The van der Waals surface area contributed by atoms with Crippen LogP contribution in [0, 0.1) is 6.92 Å². The molecule has 0 spiro atoms. The fraction of sp³-hybridized carbons (Fsp3) is 0.375. The molecule has 0 aliphatic carbocycles. The first-order valence-electron chi connectivity index (χ1n) is 11.2. The van der Waals surface area contributed by atoms with Crippen LogP contribution in [0.1, 0.15) is 44.9 Å². The highest BCUT2D eigenvalue weighted by Crippen LogP contribution is 2.44. The highest BCUT2D eigenvalue weighted by molar-refractivity contribution is 5.98. The van der Waals surface area contributed by atoms with Crippen molar-refractivity contribution in [3.8, 4) is 0 Å². The Hall–Kier alpha value is -3.55. The third-order valence-corrected chi connectivity index (χ3v) is 7.15. The van der Waals surface area contributed by atoms with Gasteiger partial charge in [-0.1, -0.05) is 17.3 Å². The summed E-state index contributed by atoms with van der Waals surface area (Å²) >= 11 is 0. The molecule has 32 heavy (non-hydrogen) atoms. The Morgan fingerprint density at radius 3 is 2.56 bits per heavy atom. The molecule has 1 aromatic carbocycles. The van der Waals surface area contributed by atoms with Gasteiger partial charge in [0.2, 0.25) is 0 Å². The molecule has 164 valence electrons. The third-order valence-electron chi connectivity index (χ3n) is 7.15. The van der Waals surface area contributed by atoms with Crippen LogP contribution in [0.15, 0.2) is 53.4 Å². The maximum Gasteiger partial charge on any atom is 0.272 e. The molecule has 1 atom stereocenters. The minimum Gasteiger partial charge on any atom is -0.372 e. The summed E-state index contributed by atoms with van der Waals surface area (Å²) in [6.45, 7) is 5.32. The molecule has 1 unspecified atom stereocenters. The van der Waals surface area contributed by atoms with Gasteiger partial charge in [0, 0.05) is 43.6 Å². The van der Waals surface area contributed by atoms with Crippen LogP contribution in [-0.4, -0.2) is 57.5 Å².